The predicted molar refractivity (Wildman–Crippen MR) is 94.6 cm³/mol. The number of hydrogen-bond donors (Lipinski definition) is 0. The lowest BCUT2D eigenvalue weighted by Crippen LogP contribution is -2.51. The van der Waals surface area contributed by atoms with Gasteiger partial charge in [0.15, 0.2) is 0 Å². The molecule has 6 nitrogen and oxygen atoms in total. The Bertz CT molecular complexity index is 761. The summed E-state index contributed by atoms with van der Waals surface area (Å²) in [6.45, 7) is 2.25. The molecule has 0 unspecified atom stereocenters. The maximum Gasteiger partial charge on any atom is 0.254 e. The van der Waals surface area contributed by atoms with E-state index in [0.717, 1.165) is 5.56 Å². The summed E-state index contributed by atoms with van der Waals surface area (Å²) < 4.78 is 7.11. The van der Waals surface area contributed by atoms with Crippen molar-refractivity contribution in [2.75, 3.05) is 33.3 Å². The van der Waals surface area contributed by atoms with E-state index in [1.807, 2.05) is 47.1 Å². The summed E-state index contributed by atoms with van der Waals surface area (Å²) >= 11 is 0. The molecule has 0 spiro atoms. The molecule has 1 aliphatic rings. The highest BCUT2D eigenvalue weighted by Crippen LogP contribution is 2.16. The number of piperazine rings is 1. The SMILES string of the molecule is COc1cccc(C(=O)N2CCN(C(=O)Cc3ccn(C)c3)CC2)c1. The average Bonchev–Trinajstić information content (AvgIpc) is 3.06. The van der Waals surface area contributed by atoms with Crippen LogP contribution in [0.4, 0.5) is 0 Å². The van der Waals surface area contributed by atoms with E-state index >= 15 is 0 Å². The van der Waals surface area contributed by atoms with Gasteiger partial charge in [0.1, 0.15) is 5.75 Å². The third kappa shape index (κ3) is 4.02. The van der Waals surface area contributed by atoms with Gasteiger partial charge in [0.25, 0.3) is 5.91 Å². The molecule has 0 aliphatic carbocycles. The molecule has 2 aromatic rings. The van der Waals surface area contributed by atoms with E-state index in [-0.39, 0.29) is 11.8 Å². The third-order valence-electron chi connectivity index (χ3n) is 4.48. The van der Waals surface area contributed by atoms with Gasteiger partial charge in [-0.05, 0) is 29.8 Å². The molecule has 6 heteroatoms. The van der Waals surface area contributed by atoms with Crippen molar-refractivity contribution in [3.63, 3.8) is 0 Å². The minimum atomic E-state index is -0.0194. The van der Waals surface area contributed by atoms with Gasteiger partial charge in [-0.15, -0.1) is 0 Å². The molecule has 1 aliphatic heterocycles. The molecule has 3 rings (SSSR count). The standard InChI is InChI=1S/C19H23N3O3/c1-20-7-6-15(14-20)12-18(23)21-8-10-22(11-9-21)19(24)16-4-3-5-17(13-16)25-2/h3-7,13-14H,8-12H2,1-2H3. The number of benzene rings is 1. The molecule has 132 valence electrons. The van der Waals surface area contributed by atoms with Gasteiger partial charge >= 0.3 is 0 Å². The highest BCUT2D eigenvalue weighted by molar-refractivity contribution is 5.94. The van der Waals surface area contributed by atoms with Gasteiger partial charge in [-0.3, -0.25) is 9.59 Å². The first-order valence-corrected chi connectivity index (χ1v) is 8.39. The van der Waals surface area contributed by atoms with Gasteiger partial charge in [0.05, 0.1) is 13.5 Å². The zero-order valence-corrected chi connectivity index (χ0v) is 14.6. The Morgan fingerprint density at radius 2 is 1.80 bits per heavy atom. The Morgan fingerprint density at radius 3 is 2.44 bits per heavy atom. The Hall–Kier alpha value is -2.76. The van der Waals surface area contributed by atoms with E-state index in [4.69, 9.17) is 4.74 Å². The van der Waals surface area contributed by atoms with Gasteiger partial charge in [0.2, 0.25) is 5.91 Å². The predicted octanol–water partition coefficient (Wildman–Crippen LogP) is 1.56. The number of hydrogen-bond acceptors (Lipinski definition) is 3. The van der Waals surface area contributed by atoms with Gasteiger partial charge in [-0.25, -0.2) is 0 Å². The molecule has 2 amide bonds. The second-order valence-corrected chi connectivity index (χ2v) is 6.27. The molecule has 0 radical (unpaired) electrons. The zero-order valence-electron chi connectivity index (χ0n) is 14.6. The van der Waals surface area contributed by atoms with Gasteiger partial charge in [-0.2, -0.15) is 0 Å². The number of rotatable bonds is 4. The number of aromatic nitrogens is 1. The zero-order chi connectivity index (χ0) is 17.8. The Morgan fingerprint density at radius 1 is 1.08 bits per heavy atom. The number of carbonyl (C=O) groups is 2. The van der Waals surface area contributed by atoms with Crippen LogP contribution in [0.25, 0.3) is 0 Å². The topological polar surface area (TPSA) is 54.8 Å². The lowest BCUT2D eigenvalue weighted by atomic mass is 10.1. The highest BCUT2D eigenvalue weighted by atomic mass is 16.5. The van der Waals surface area contributed by atoms with Crippen LogP contribution < -0.4 is 4.74 Å². The Labute approximate surface area is 147 Å². The number of nitrogens with zero attached hydrogens (tertiary/aromatic N) is 3. The van der Waals surface area contributed by atoms with Crippen molar-refractivity contribution in [1.82, 2.24) is 14.4 Å². The van der Waals surface area contributed by atoms with Crippen LogP contribution in [0.2, 0.25) is 0 Å². The first-order chi connectivity index (χ1) is 12.1. The third-order valence-corrected chi connectivity index (χ3v) is 4.48. The smallest absolute Gasteiger partial charge is 0.254 e. The molecule has 0 bridgehead atoms. The molecule has 0 saturated carbocycles. The summed E-state index contributed by atoms with van der Waals surface area (Å²) in [5.41, 5.74) is 1.63. The number of amides is 2. The number of carbonyl (C=O) groups excluding carboxylic acids is 2. The molecular weight excluding hydrogens is 318 g/mol. The van der Waals surface area contributed by atoms with E-state index < -0.39 is 0 Å². The van der Waals surface area contributed by atoms with Crippen molar-refractivity contribution in [2.24, 2.45) is 7.05 Å². The Kier molecular flexibility index (Phi) is 5.07. The fourth-order valence-corrected chi connectivity index (χ4v) is 3.05. The fourth-order valence-electron chi connectivity index (χ4n) is 3.05. The van der Waals surface area contributed by atoms with E-state index in [2.05, 4.69) is 0 Å². The summed E-state index contributed by atoms with van der Waals surface area (Å²) in [4.78, 5) is 28.6. The second kappa shape index (κ2) is 7.42. The fraction of sp³-hybridized carbons (Fsp3) is 0.368. The first-order valence-electron chi connectivity index (χ1n) is 8.39. The highest BCUT2D eigenvalue weighted by Gasteiger charge is 2.25. The van der Waals surface area contributed by atoms with Crippen molar-refractivity contribution in [1.29, 1.82) is 0 Å². The summed E-state index contributed by atoms with van der Waals surface area (Å²) in [5, 5.41) is 0. The van der Waals surface area contributed by atoms with Crippen LogP contribution in [0.1, 0.15) is 15.9 Å². The number of methoxy groups -OCH3 is 1. The molecule has 25 heavy (non-hydrogen) atoms. The second-order valence-electron chi connectivity index (χ2n) is 6.27. The average molecular weight is 341 g/mol. The lowest BCUT2D eigenvalue weighted by molar-refractivity contribution is -0.131. The normalized spacial score (nSPS) is 14.5. The molecule has 0 N–H and O–H groups in total. The molecular formula is C19H23N3O3. The molecule has 1 fully saturated rings. The van der Waals surface area contributed by atoms with Crippen LogP contribution in [-0.2, 0) is 18.3 Å². The van der Waals surface area contributed by atoms with Crippen LogP contribution >= 0.6 is 0 Å². The molecule has 1 aromatic carbocycles. The quantitative estimate of drug-likeness (QED) is 0.848. The van der Waals surface area contributed by atoms with Crippen molar-refractivity contribution in [2.45, 2.75) is 6.42 Å². The molecule has 2 heterocycles. The van der Waals surface area contributed by atoms with E-state index in [1.54, 1.807) is 24.1 Å². The van der Waals surface area contributed by atoms with Crippen LogP contribution in [0.15, 0.2) is 42.7 Å². The van der Waals surface area contributed by atoms with Crippen LogP contribution in [0.5, 0.6) is 5.75 Å². The monoisotopic (exact) mass is 341 g/mol. The van der Waals surface area contributed by atoms with Crippen LogP contribution in [-0.4, -0.2) is 59.5 Å². The molecule has 1 saturated heterocycles. The largest absolute Gasteiger partial charge is 0.497 e. The van der Waals surface area contributed by atoms with Crippen LogP contribution in [0.3, 0.4) is 0 Å². The summed E-state index contributed by atoms with van der Waals surface area (Å²) in [6.07, 6.45) is 4.30. The minimum Gasteiger partial charge on any atom is -0.497 e. The van der Waals surface area contributed by atoms with E-state index in [0.29, 0.717) is 43.9 Å². The van der Waals surface area contributed by atoms with Crippen molar-refractivity contribution in [3.8, 4) is 5.75 Å². The maximum absolute atomic E-state index is 12.6. The Balaban J connectivity index is 1.55. The van der Waals surface area contributed by atoms with Crippen molar-refractivity contribution in [3.05, 3.63) is 53.9 Å². The maximum atomic E-state index is 12.6. The number of aryl methyl sites for hydroxylation is 1. The van der Waals surface area contributed by atoms with Crippen molar-refractivity contribution >= 4 is 11.8 Å². The van der Waals surface area contributed by atoms with Crippen molar-refractivity contribution < 1.29 is 14.3 Å². The lowest BCUT2D eigenvalue weighted by Gasteiger charge is -2.35. The summed E-state index contributed by atoms with van der Waals surface area (Å²) in [7, 11) is 3.53. The van der Waals surface area contributed by atoms with Gasteiger partial charge < -0.3 is 19.1 Å². The molecule has 0 atom stereocenters. The van der Waals surface area contributed by atoms with Gasteiger partial charge in [0, 0.05) is 51.2 Å². The molecule has 1 aromatic heterocycles. The number of ether oxygens (including phenoxy) is 1. The summed E-state index contributed by atoms with van der Waals surface area (Å²) in [6, 6.07) is 9.12. The van der Waals surface area contributed by atoms with E-state index in [9.17, 15) is 9.59 Å². The summed E-state index contributed by atoms with van der Waals surface area (Å²) in [5.74, 6) is 0.760. The minimum absolute atomic E-state index is 0.0194. The van der Waals surface area contributed by atoms with Gasteiger partial charge in [-0.1, -0.05) is 6.07 Å². The van der Waals surface area contributed by atoms with E-state index in [1.165, 1.54) is 0 Å². The first kappa shape index (κ1) is 17.1. The van der Waals surface area contributed by atoms with Crippen LogP contribution in [0, 0.1) is 0 Å².